The highest BCUT2D eigenvalue weighted by Crippen LogP contribution is 2.41. The van der Waals surface area contributed by atoms with Gasteiger partial charge in [0.05, 0.1) is 5.60 Å². The molecule has 0 radical (unpaired) electrons. The standard InChI is InChI=1S/C14H20ClNO/c1-10-8-11(5-6-13(10)15)14(17)7-3-2-4-12(14)9-16/h5-6,8,12,17H,2-4,7,9,16H2,1H3/t12-,14+/m0/s1. The molecule has 0 aliphatic heterocycles. The summed E-state index contributed by atoms with van der Waals surface area (Å²) in [6, 6.07) is 5.80. The van der Waals surface area contributed by atoms with Crippen molar-refractivity contribution < 1.29 is 5.11 Å². The molecule has 0 spiro atoms. The summed E-state index contributed by atoms with van der Waals surface area (Å²) in [7, 11) is 0. The van der Waals surface area contributed by atoms with Crippen molar-refractivity contribution in [3.05, 3.63) is 34.3 Å². The van der Waals surface area contributed by atoms with E-state index in [1.54, 1.807) is 0 Å². The molecule has 2 rings (SSSR count). The average Bonchev–Trinajstić information content (AvgIpc) is 2.33. The molecule has 94 valence electrons. The molecular formula is C14H20ClNO. The number of nitrogens with two attached hydrogens (primary N) is 1. The van der Waals surface area contributed by atoms with Gasteiger partial charge in [0.1, 0.15) is 0 Å². The highest BCUT2D eigenvalue weighted by molar-refractivity contribution is 6.31. The number of halogens is 1. The van der Waals surface area contributed by atoms with E-state index >= 15 is 0 Å². The van der Waals surface area contributed by atoms with Gasteiger partial charge in [0, 0.05) is 10.9 Å². The van der Waals surface area contributed by atoms with Crippen LogP contribution in [-0.4, -0.2) is 11.7 Å². The van der Waals surface area contributed by atoms with Crippen LogP contribution < -0.4 is 5.73 Å². The smallest absolute Gasteiger partial charge is 0.0936 e. The SMILES string of the molecule is Cc1cc([C@]2(O)CCCC[C@H]2CN)ccc1Cl. The van der Waals surface area contributed by atoms with E-state index in [2.05, 4.69) is 0 Å². The van der Waals surface area contributed by atoms with Crippen LogP contribution in [0.15, 0.2) is 18.2 Å². The van der Waals surface area contributed by atoms with E-state index in [1.807, 2.05) is 25.1 Å². The van der Waals surface area contributed by atoms with E-state index in [-0.39, 0.29) is 5.92 Å². The number of aliphatic hydroxyl groups is 1. The summed E-state index contributed by atoms with van der Waals surface area (Å²) in [5.74, 6) is 0.164. The first-order valence-corrected chi connectivity index (χ1v) is 6.65. The molecule has 0 amide bonds. The molecule has 2 nitrogen and oxygen atoms in total. The maximum Gasteiger partial charge on any atom is 0.0936 e. The molecule has 1 aromatic rings. The highest BCUT2D eigenvalue weighted by Gasteiger charge is 2.39. The normalized spacial score (nSPS) is 29.3. The maximum atomic E-state index is 10.9. The lowest BCUT2D eigenvalue weighted by molar-refractivity contribution is -0.0506. The van der Waals surface area contributed by atoms with Crippen LogP contribution in [-0.2, 0) is 5.60 Å². The molecule has 3 heteroatoms. The molecule has 1 aliphatic rings. The molecule has 1 aliphatic carbocycles. The Morgan fingerprint density at radius 1 is 1.47 bits per heavy atom. The molecule has 17 heavy (non-hydrogen) atoms. The van der Waals surface area contributed by atoms with E-state index in [9.17, 15) is 5.11 Å². The zero-order valence-corrected chi connectivity index (χ0v) is 11.0. The quantitative estimate of drug-likeness (QED) is 0.851. The summed E-state index contributed by atoms with van der Waals surface area (Å²) in [5, 5.41) is 11.6. The first kappa shape index (κ1) is 12.9. The predicted octanol–water partition coefficient (Wildman–Crippen LogP) is 2.98. The van der Waals surface area contributed by atoms with Gasteiger partial charge in [0.25, 0.3) is 0 Å². The van der Waals surface area contributed by atoms with Gasteiger partial charge < -0.3 is 10.8 Å². The first-order valence-electron chi connectivity index (χ1n) is 6.27. The van der Waals surface area contributed by atoms with Crippen molar-refractivity contribution in [1.82, 2.24) is 0 Å². The molecule has 0 heterocycles. The second kappa shape index (κ2) is 4.97. The van der Waals surface area contributed by atoms with E-state index in [0.717, 1.165) is 41.8 Å². The van der Waals surface area contributed by atoms with E-state index in [4.69, 9.17) is 17.3 Å². The topological polar surface area (TPSA) is 46.2 Å². The second-order valence-corrected chi connectivity index (χ2v) is 5.47. The van der Waals surface area contributed by atoms with Gasteiger partial charge in [-0.1, -0.05) is 36.6 Å². The first-order chi connectivity index (χ1) is 8.08. The molecular weight excluding hydrogens is 234 g/mol. The van der Waals surface area contributed by atoms with Crippen LogP contribution in [0.5, 0.6) is 0 Å². The van der Waals surface area contributed by atoms with Crippen LogP contribution in [0.1, 0.15) is 36.8 Å². The minimum absolute atomic E-state index is 0.164. The minimum atomic E-state index is -0.762. The lowest BCUT2D eigenvalue weighted by Crippen LogP contribution is -2.41. The predicted molar refractivity (Wildman–Crippen MR) is 71.1 cm³/mol. The van der Waals surface area contributed by atoms with Gasteiger partial charge in [-0.2, -0.15) is 0 Å². The average molecular weight is 254 g/mol. The van der Waals surface area contributed by atoms with E-state index in [0.29, 0.717) is 6.54 Å². The number of benzene rings is 1. The molecule has 2 atom stereocenters. The number of rotatable bonds is 2. The van der Waals surface area contributed by atoms with E-state index in [1.165, 1.54) is 0 Å². The molecule has 0 saturated heterocycles. The Morgan fingerprint density at radius 2 is 2.24 bits per heavy atom. The van der Waals surface area contributed by atoms with E-state index < -0.39 is 5.60 Å². The Balaban J connectivity index is 2.37. The van der Waals surface area contributed by atoms with Crippen molar-refractivity contribution in [2.45, 2.75) is 38.2 Å². The monoisotopic (exact) mass is 253 g/mol. The van der Waals surface area contributed by atoms with Crippen LogP contribution in [0.3, 0.4) is 0 Å². The fraction of sp³-hybridized carbons (Fsp3) is 0.571. The van der Waals surface area contributed by atoms with Crippen LogP contribution in [0, 0.1) is 12.8 Å². The molecule has 0 aromatic heterocycles. The number of hydrogen-bond donors (Lipinski definition) is 2. The van der Waals surface area contributed by atoms with Crippen LogP contribution in [0.4, 0.5) is 0 Å². The zero-order valence-electron chi connectivity index (χ0n) is 10.2. The lowest BCUT2D eigenvalue weighted by Gasteiger charge is -2.40. The van der Waals surface area contributed by atoms with Crippen molar-refractivity contribution in [2.24, 2.45) is 11.7 Å². The summed E-state index contributed by atoms with van der Waals surface area (Å²) in [5.41, 5.74) is 7.02. The molecule has 0 unspecified atom stereocenters. The highest BCUT2D eigenvalue weighted by atomic mass is 35.5. The third kappa shape index (κ3) is 2.35. The second-order valence-electron chi connectivity index (χ2n) is 5.07. The van der Waals surface area contributed by atoms with Crippen molar-refractivity contribution in [3.63, 3.8) is 0 Å². The summed E-state index contributed by atoms with van der Waals surface area (Å²) in [6.45, 7) is 2.51. The van der Waals surface area contributed by atoms with Crippen molar-refractivity contribution in [1.29, 1.82) is 0 Å². The maximum absolute atomic E-state index is 10.9. The summed E-state index contributed by atoms with van der Waals surface area (Å²) < 4.78 is 0. The van der Waals surface area contributed by atoms with Gasteiger partial charge in [-0.3, -0.25) is 0 Å². The van der Waals surface area contributed by atoms with Crippen LogP contribution >= 0.6 is 11.6 Å². The molecule has 1 fully saturated rings. The fourth-order valence-corrected chi connectivity index (χ4v) is 2.95. The molecule has 3 N–H and O–H groups in total. The van der Waals surface area contributed by atoms with Crippen molar-refractivity contribution in [2.75, 3.05) is 6.54 Å². The third-order valence-corrected chi connectivity index (χ3v) is 4.40. The lowest BCUT2D eigenvalue weighted by atomic mass is 9.71. The summed E-state index contributed by atoms with van der Waals surface area (Å²) >= 11 is 6.03. The van der Waals surface area contributed by atoms with Crippen LogP contribution in [0.2, 0.25) is 5.02 Å². The number of hydrogen-bond acceptors (Lipinski definition) is 2. The third-order valence-electron chi connectivity index (χ3n) is 3.98. The Bertz CT molecular complexity index is 407. The van der Waals surface area contributed by atoms with Gasteiger partial charge in [0.2, 0.25) is 0 Å². The fourth-order valence-electron chi connectivity index (χ4n) is 2.83. The summed E-state index contributed by atoms with van der Waals surface area (Å²) in [4.78, 5) is 0. The summed E-state index contributed by atoms with van der Waals surface area (Å²) in [6.07, 6.45) is 4.04. The van der Waals surface area contributed by atoms with Gasteiger partial charge in [-0.25, -0.2) is 0 Å². The molecule has 1 aromatic carbocycles. The molecule has 0 bridgehead atoms. The number of aryl methyl sites for hydroxylation is 1. The Hall–Kier alpha value is -0.570. The van der Waals surface area contributed by atoms with Gasteiger partial charge in [-0.15, -0.1) is 0 Å². The Labute approximate surface area is 108 Å². The van der Waals surface area contributed by atoms with Gasteiger partial charge in [0.15, 0.2) is 0 Å². The minimum Gasteiger partial charge on any atom is -0.385 e. The largest absolute Gasteiger partial charge is 0.385 e. The Morgan fingerprint density at radius 3 is 2.88 bits per heavy atom. The van der Waals surface area contributed by atoms with Crippen molar-refractivity contribution in [3.8, 4) is 0 Å². The van der Waals surface area contributed by atoms with Gasteiger partial charge >= 0.3 is 0 Å². The van der Waals surface area contributed by atoms with Crippen molar-refractivity contribution >= 4 is 11.6 Å². The Kier molecular flexibility index (Phi) is 3.76. The van der Waals surface area contributed by atoms with Gasteiger partial charge in [-0.05, 0) is 43.5 Å². The van der Waals surface area contributed by atoms with Crippen LogP contribution in [0.25, 0.3) is 0 Å². The zero-order chi connectivity index (χ0) is 12.5. The molecule has 1 saturated carbocycles.